The molecule has 4 heterocycles. The van der Waals surface area contributed by atoms with Crippen molar-refractivity contribution in [2.24, 2.45) is 0 Å². The maximum absolute atomic E-state index is 13.5. The molecule has 1 fully saturated rings. The van der Waals surface area contributed by atoms with Gasteiger partial charge in [0.25, 0.3) is 5.91 Å². The maximum Gasteiger partial charge on any atom is 0.256 e. The highest BCUT2D eigenvalue weighted by atomic mass is 32.1. The fourth-order valence-corrected chi connectivity index (χ4v) is 4.85. The summed E-state index contributed by atoms with van der Waals surface area (Å²) in [5.74, 6) is 0.726. The summed E-state index contributed by atoms with van der Waals surface area (Å²) in [6.45, 7) is 6.28. The second-order valence-corrected chi connectivity index (χ2v) is 8.62. The summed E-state index contributed by atoms with van der Waals surface area (Å²) in [5.41, 5.74) is 2.50. The molecule has 1 amide bonds. The molecule has 4 aromatic rings. The Hall–Kier alpha value is -3.33. The molecule has 0 unspecified atom stereocenters. The van der Waals surface area contributed by atoms with E-state index in [1.165, 1.54) is 10.4 Å². The first kappa shape index (κ1) is 19.6. The fourth-order valence-electron chi connectivity index (χ4n) is 3.96. The van der Waals surface area contributed by atoms with Crippen LogP contribution in [-0.2, 0) is 0 Å². The minimum Gasteiger partial charge on any atom is -0.339 e. The predicted octanol–water partition coefficient (Wildman–Crippen LogP) is 3.32. The van der Waals surface area contributed by atoms with Crippen LogP contribution in [-0.4, -0.2) is 61.4 Å². The van der Waals surface area contributed by atoms with E-state index in [2.05, 4.69) is 39.3 Å². The molecule has 0 N–H and O–H groups in total. The average Bonchev–Trinajstić information content (AvgIpc) is 3.41. The molecule has 158 valence electrons. The lowest BCUT2D eigenvalue weighted by molar-refractivity contribution is 0.0705. The quantitative estimate of drug-likeness (QED) is 0.493. The van der Waals surface area contributed by atoms with Crippen LogP contribution in [0.3, 0.4) is 0 Å². The Morgan fingerprint density at radius 2 is 1.94 bits per heavy atom. The highest BCUT2D eigenvalue weighted by Crippen LogP contribution is 2.26. The van der Waals surface area contributed by atoms with Gasteiger partial charge in [0.2, 0.25) is 5.95 Å². The number of aryl methyl sites for hydroxylation is 1. The van der Waals surface area contributed by atoms with E-state index in [1.807, 2.05) is 35.4 Å². The van der Waals surface area contributed by atoms with Gasteiger partial charge < -0.3 is 9.80 Å². The third-order valence-corrected chi connectivity index (χ3v) is 6.79. The van der Waals surface area contributed by atoms with E-state index in [1.54, 1.807) is 23.7 Å². The first-order chi connectivity index (χ1) is 15.1. The lowest BCUT2D eigenvalue weighted by atomic mass is 10.1. The standard InChI is InChI=1S/C22H23N7OS/c1-15-14-31-20-18(15)13-23-22(26-20)27-10-7-16(2)28(12-11-27)21(30)17-5-3-4-6-19(17)29-24-8-9-25-29/h3-6,8-9,13-14,16H,7,10-12H2,1-2H3/t16-/m1/s1. The van der Waals surface area contributed by atoms with Gasteiger partial charge in [-0.3, -0.25) is 4.79 Å². The molecular weight excluding hydrogens is 410 g/mol. The fraction of sp³-hybridized carbons (Fsp3) is 0.318. The molecule has 8 nitrogen and oxygen atoms in total. The maximum atomic E-state index is 13.5. The molecule has 31 heavy (non-hydrogen) atoms. The number of para-hydroxylation sites is 1. The molecule has 1 saturated heterocycles. The highest BCUT2D eigenvalue weighted by Gasteiger charge is 2.28. The van der Waals surface area contributed by atoms with Crippen LogP contribution in [0.1, 0.15) is 29.3 Å². The Balaban J connectivity index is 1.39. The molecule has 1 atom stereocenters. The summed E-state index contributed by atoms with van der Waals surface area (Å²) < 4.78 is 0. The van der Waals surface area contributed by atoms with Crippen molar-refractivity contribution in [3.8, 4) is 5.69 Å². The Morgan fingerprint density at radius 1 is 1.13 bits per heavy atom. The van der Waals surface area contributed by atoms with Crippen molar-refractivity contribution >= 4 is 33.4 Å². The van der Waals surface area contributed by atoms with Gasteiger partial charge in [-0.05, 0) is 43.3 Å². The molecule has 9 heteroatoms. The summed E-state index contributed by atoms with van der Waals surface area (Å²) in [6, 6.07) is 7.58. The van der Waals surface area contributed by atoms with Crippen LogP contribution in [0.2, 0.25) is 0 Å². The summed E-state index contributed by atoms with van der Waals surface area (Å²) in [6.07, 6.45) is 5.98. The minimum atomic E-state index is -0.00694. The van der Waals surface area contributed by atoms with Crippen LogP contribution < -0.4 is 4.90 Å². The van der Waals surface area contributed by atoms with Gasteiger partial charge in [-0.1, -0.05) is 12.1 Å². The van der Waals surface area contributed by atoms with E-state index in [4.69, 9.17) is 4.98 Å². The van der Waals surface area contributed by atoms with Crippen LogP contribution >= 0.6 is 11.3 Å². The zero-order chi connectivity index (χ0) is 21.4. The molecule has 3 aromatic heterocycles. The van der Waals surface area contributed by atoms with Crippen LogP contribution in [0.15, 0.2) is 48.2 Å². The van der Waals surface area contributed by atoms with Gasteiger partial charge in [0.1, 0.15) is 4.83 Å². The molecule has 0 aliphatic carbocycles. The number of amides is 1. The average molecular weight is 434 g/mol. The van der Waals surface area contributed by atoms with Gasteiger partial charge in [0, 0.05) is 37.3 Å². The lowest BCUT2D eigenvalue weighted by Crippen LogP contribution is -2.40. The van der Waals surface area contributed by atoms with Gasteiger partial charge in [-0.2, -0.15) is 15.0 Å². The minimum absolute atomic E-state index is 0.00694. The van der Waals surface area contributed by atoms with Gasteiger partial charge in [0.05, 0.1) is 23.6 Å². The van der Waals surface area contributed by atoms with Crippen LogP contribution in [0.5, 0.6) is 0 Å². The summed E-state index contributed by atoms with van der Waals surface area (Å²) >= 11 is 1.64. The van der Waals surface area contributed by atoms with E-state index in [-0.39, 0.29) is 11.9 Å². The number of aromatic nitrogens is 5. The Kier molecular flexibility index (Phi) is 5.11. The summed E-state index contributed by atoms with van der Waals surface area (Å²) in [5, 5.41) is 11.6. The topological polar surface area (TPSA) is 80.0 Å². The monoisotopic (exact) mass is 433 g/mol. The van der Waals surface area contributed by atoms with Crippen LogP contribution in [0.25, 0.3) is 15.9 Å². The molecule has 1 aliphatic heterocycles. The van der Waals surface area contributed by atoms with E-state index < -0.39 is 0 Å². The Morgan fingerprint density at radius 3 is 2.77 bits per heavy atom. The third-order valence-electron chi connectivity index (χ3n) is 5.79. The number of hydrogen-bond acceptors (Lipinski definition) is 7. The van der Waals surface area contributed by atoms with Gasteiger partial charge >= 0.3 is 0 Å². The highest BCUT2D eigenvalue weighted by molar-refractivity contribution is 7.16. The number of nitrogens with zero attached hydrogens (tertiary/aromatic N) is 7. The predicted molar refractivity (Wildman–Crippen MR) is 121 cm³/mol. The lowest BCUT2D eigenvalue weighted by Gasteiger charge is -2.27. The molecule has 0 bridgehead atoms. The van der Waals surface area contributed by atoms with Crippen molar-refractivity contribution in [1.82, 2.24) is 29.9 Å². The van der Waals surface area contributed by atoms with Gasteiger partial charge in [0.15, 0.2) is 0 Å². The van der Waals surface area contributed by atoms with E-state index in [0.29, 0.717) is 24.3 Å². The second-order valence-electron chi connectivity index (χ2n) is 7.77. The number of fused-ring (bicyclic) bond motifs is 1. The number of thiophene rings is 1. The largest absolute Gasteiger partial charge is 0.339 e. The number of rotatable bonds is 3. The molecule has 0 spiro atoms. The number of carbonyl (C=O) groups excluding carboxylic acids is 1. The van der Waals surface area contributed by atoms with E-state index in [0.717, 1.165) is 29.1 Å². The van der Waals surface area contributed by atoms with Gasteiger partial charge in [-0.15, -0.1) is 11.3 Å². The summed E-state index contributed by atoms with van der Waals surface area (Å²) in [7, 11) is 0. The molecule has 1 aromatic carbocycles. The second kappa shape index (κ2) is 8.07. The first-order valence-electron chi connectivity index (χ1n) is 10.3. The van der Waals surface area contributed by atoms with E-state index >= 15 is 0 Å². The Bertz CT molecular complexity index is 1220. The Labute approximate surface area is 184 Å². The zero-order valence-electron chi connectivity index (χ0n) is 17.5. The first-order valence-corrected chi connectivity index (χ1v) is 11.2. The normalized spacial score (nSPS) is 17.2. The van der Waals surface area contributed by atoms with Crippen molar-refractivity contribution in [2.45, 2.75) is 26.3 Å². The molecule has 0 radical (unpaired) electrons. The number of anilines is 1. The van der Waals surface area contributed by atoms with Crippen molar-refractivity contribution < 1.29 is 4.79 Å². The van der Waals surface area contributed by atoms with Crippen molar-refractivity contribution in [3.05, 3.63) is 59.4 Å². The summed E-state index contributed by atoms with van der Waals surface area (Å²) in [4.78, 5) is 29.5. The van der Waals surface area contributed by atoms with Crippen molar-refractivity contribution in [3.63, 3.8) is 0 Å². The molecular formula is C22H23N7OS. The number of carbonyl (C=O) groups is 1. The molecule has 0 saturated carbocycles. The van der Waals surface area contributed by atoms with E-state index in [9.17, 15) is 4.79 Å². The number of hydrogen-bond donors (Lipinski definition) is 0. The molecule has 1 aliphatic rings. The zero-order valence-corrected chi connectivity index (χ0v) is 18.3. The van der Waals surface area contributed by atoms with Crippen LogP contribution in [0, 0.1) is 6.92 Å². The smallest absolute Gasteiger partial charge is 0.256 e. The van der Waals surface area contributed by atoms with Crippen molar-refractivity contribution in [2.75, 3.05) is 24.5 Å². The van der Waals surface area contributed by atoms with Crippen LogP contribution in [0.4, 0.5) is 5.95 Å². The van der Waals surface area contributed by atoms with Gasteiger partial charge in [-0.25, -0.2) is 9.97 Å². The number of benzene rings is 1. The SMILES string of the molecule is Cc1csc2nc(N3CC[C@@H](C)N(C(=O)c4ccccc4-n4nccn4)CC3)ncc12. The third kappa shape index (κ3) is 3.65. The van der Waals surface area contributed by atoms with Crippen molar-refractivity contribution in [1.29, 1.82) is 0 Å². The molecule has 5 rings (SSSR count).